The van der Waals surface area contributed by atoms with Crippen LogP contribution in [0.3, 0.4) is 0 Å². The maximum Gasteiger partial charge on any atom is 0.293 e. The van der Waals surface area contributed by atoms with E-state index in [0.717, 1.165) is 6.42 Å². The van der Waals surface area contributed by atoms with E-state index in [1.807, 2.05) is 13.8 Å². The van der Waals surface area contributed by atoms with Crippen molar-refractivity contribution in [2.75, 3.05) is 5.32 Å². The van der Waals surface area contributed by atoms with E-state index >= 15 is 0 Å². The number of nitrogens with one attached hydrogen (secondary N) is 1. The van der Waals surface area contributed by atoms with Crippen LogP contribution in [-0.4, -0.2) is 16.7 Å². The number of ketones is 1. The summed E-state index contributed by atoms with van der Waals surface area (Å²) < 4.78 is 0. The van der Waals surface area contributed by atoms with Gasteiger partial charge >= 0.3 is 0 Å². The molecule has 0 aromatic heterocycles. The number of Topliss-reactive ketones (excluding diaryl/α,β-unsaturated/α-hetero) is 1. The van der Waals surface area contributed by atoms with E-state index in [-0.39, 0.29) is 17.5 Å². The third-order valence-electron chi connectivity index (χ3n) is 2.62. The number of carbonyl (C=O) groups excluding carboxylic acids is 1. The second kappa shape index (κ2) is 5.43. The van der Waals surface area contributed by atoms with Gasteiger partial charge in [0, 0.05) is 17.7 Å². The summed E-state index contributed by atoms with van der Waals surface area (Å²) in [5.41, 5.74) is 0.749. The fourth-order valence-corrected chi connectivity index (χ4v) is 1.39. The monoisotopic (exact) mass is 236 g/mol. The van der Waals surface area contributed by atoms with Crippen LogP contribution in [0, 0.1) is 10.1 Å². The highest BCUT2D eigenvalue weighted by Crippen LogP contribution is 2.26. The Morgan fingerprint density at radius 1 is 1.53 bits per heavy atom. The van der Waals surface area contributed by atoms with Crippen molar-refractivity contribution in [3.63, 3.8) is 0 Å². The Labute approximate surface area is 100.0 Å². The summed E-state index contributed by atoms with van der Waals surface area (Å²) >= 11 is 0. The van der Waals surface area contributed by atoms with Gasteiger partial charge in [-0.25, -0.2) is 0 Å². The summed E-state index contributed by atoms with van der Waals surface area (Å²) in [4.78, 5) is 21.6. The quantitative estimate of drug-likeness (QED) is 0.484. The van der Waals surface area contributed by atoms with Crippen LogP contribution in [0.2, 0.25) is 0 Å². The minimum Gasteiger partial charge on any atom is -0.377 e. The number of nitrogens with zero attached hydrogens (tertiary/aromatic N) is 1. The topological polar surface area (TPSA) is 72.2 Å². The van der Waals surface area contributed by atoms with Gasteiger partial charge in [0.1, 0.15) is 5.69 Å². The molecule has 0 saturated carbocycles. The maximum absolute atomic E-state index is 11.2. The highest BCUT2D eigenvalue weighted by Gasteiger charge is 2.16. The first-order chi connectivity index (χ1) is 7.95. The van der Waals surface area contributed by atoms with Gasteiger partial charge in [-0.2, -0.15) is 0 Å². The van der Waals surface area contributed by atoms with Crippen LogP contribution in [0.5, 0.6) is 0 Å². The van der Waals surface area contributed by atoms with Crippen molar-refractivity contribution < 1.29 is 9.72 Å². The Balaban J connectivity index is 3.13. The van der Waals surface area contributed by atoms with Gasteiger partial charge in [-0.1, -0.05) is 6.92 Å². The molecule has 17 heavy (non-hydrogen) atoms. The van der Waals surface area contributed by atoms with Crippen LogP contribution < -0.4 is 5.32 Å². The number of nitro groups is 1. The molecule has 1 unspecified atom stereocenters. The van der Waals surface area contributed by atoms with Gasteiger partial charge in [0.15, 0.2) is 5.78 Å². The molecule has 0 fully saturated rings. The SMILES string of the molecule is CCC(C)Nc1ccc(C(C)=O)cc1[N+](=O)[O-]. The molecule has 5 heteroatoms. The van der Waals surface area contributed by atoms with Gasteiger partial charge in [-0.3, -0.25) is 14.9 Å². The number of carbonyl (C=O) groups is 1. The molecule has 0 aliphatic rings. The van der Waals surface area contributed by atoms with Crippen molar-refractivity contribution in [2.45, 2.75) is 33.2 Å². The van der Waals surface area contributed by atoms with E-state index in [4.69, 9.17) is 0 Å². The fourth-order valence-electron chi connectivity index (χ4n) is 1.39. The molecule has 0 bridgehead atoms. The lowest BCUT2D eigenvalue weighted by molar-refractivity contribution is -0.384. The minimum absolute atomic E-state index is 0.0574. The zero-order chi connectivity index (χ0) is 13.0. The van der Waals surface area contributed by atoms with E-state index in [2.05, 4.69) is 5.32 Å². The van der Waals surface area contributed by atoms with Crippen LogP contribution in [0.25, 0.3) is 0 Å². The Hall–Kier alpha value is -1.91. The van der Waals surface area contributed by atoms with Gasteiger partial charge < -0.3 is 5.32 Å². The lowest BCUT2D eigenvalue weighted by Gasteiger charge is -2.13. The first-order valence-corrected chi connectivity index (χ1v) is 5.51. The van der Waals surface area contributed by atoms with Crippen LogP contribution in [0.1, 0.15) is 37.6 Å². The van der Waals surface area contributed by atoms with Crippen molar-refractivity contribution in [2.24, 2.45) is 0 Å². The summed E-state index contributed by atoms with van der Waals surface area (Å²) in [5.74, 6) is -0.178. The van der Waals surface area contributed by atoms with E-state index < -0.39 is 4.92 Å². The lowest BCUT2D eigenvalue weighted by Crippen LogP contribution is -2.14. The van der Waals surface area contributed by atoms with E-state index in [9.17, 15) is 14.9 Å². The van der Waals surface area contributed by atoms with E-state index in [0.29, 0.717) is 11.3 Å². The Morgan fingerprint density at radius 3 is 2.65 bits per heavy atom. The Bertz CT molecular complexity index is 443. The Morgan fingerprint density at radius 2 is 2.18 bits per heavy atom. The highest BCUT2D eigenvalue weighted by atomic mass is 16.6. The number of hydrogen-bond donors (Lipinski definition) is 1. The van der Waals surface area contributed by atoms with Crippen molar-refractivity contribution in [1.29, 1.82) is 0 Å². The average Bonchev–Trinajstić information content (AvgIpc) is 2.28. The molecule has 0 amide bonds. The molecule has 5 nitrogen and oxygen atoms in total. The molecule has 1 aromatic carbocycles. The second-order valence-electron chi connectivity index (χ2n) is 4.00. The van der Waals surface area contributed by atoms with Gasteiger partial charge in [-0.05, 0) is 32.4 Å². The van der Waals surface area contributed by atoms with E-state index in [1.54, 1.807) is 12.1 Å². The fraction of sp³-hybridized carbons (Fsp3) is 0.417. The minimum atomic E-state index is -0.475. The molecule has 1 rings (SSSR count). The number of nitro benzene ring substituents is 1. The zero-order valence-corrected chi connectivity index (χ0v) is 10.2. The molecule has 1 atom stereocenters. The summed E-state index contributed by atoms with van der Waals surface area (Å²) in [5, 5.41) is 14.0. The predicted molar refractivity (Wildman–Crippen MR) is 66.5 cm³/mol. The van der Waals surface area contributed by atoms with Gasteiger partial charge in [0.25, 0.3) is 5.69 Å². The van der Waals surface area contributed by atoms with Gasteiger partial charge in [-0.15, -0.1) is 0 Å². The third-order valence-corrected chi connectivity index (χ3v) is 2.62. The predicted octanol–water partition coefficient (Wildman–Crippen LogP) is 3.01. The summed E-state index contributed by atoms with van der Waals surface area (Å²) in [6.45, 7) is 5.33. The molecular weight excluding hydrogens is 220 g/mol. The van der Waals surface area contributed by atoms with Crippen molar-refractivity contribution >= 4 is 17.2 Å². The number of hydrogen-bond acceptors (Lipinski definition) is 4. The van der Waals surface area contributed by atoms with Crippen molar-refractivity contribution in [3.05, 3.63) is 33.9 Å². The molecular formula is C12H16N2O3. The summed E-state index contributed by atoms with van der Waals surface area (Å²) in [7, 11) is 0. The molecule has 1 N–H and O–H groups in total. The van der Waals surface area contributed by atoms with Gasteiger partial charge in [0.2, 0.25) is 0 Å². The molecule has 0 aliphatic heterocycles. The number of rotatable bonds is 5. The third kappa shape index (κ3) is 3.27. The molecule has 0 spiro atoms. The zero-order valence-electron chi connectivity index (χ0n) is 10.2. The molecule has 1 aromatic rings. The van der Waals surface area contributed by atoms with Crippen LogP contribution in [0.15, 0.2) is 18.2 Å². The Kier molecular flexibility index (Phi) is 4.20. The maximum atomic E-state index is 11.2. The normalized spacial score (nSPS) is 11.9. The first kappa shape index (κ1) is 13.2. The number of benzene rings is 1. The van der Waals surface area contributed by atoms with Crippen molar-refractivity contribution in [1.82, 2.24) is 0 Å². The lowest BCUT2D eigenvalue weighted by atomic mass is 10.1. The average molecular weight is 236 g/mol. The standard InChI is InChI=1S/C12H16N2O3/c1-4-8(2)13-11-6-5-10(9(3)15)7-12(11)14(16)17/h5-8,13H,4H2,1-3H3. The smallest absolute Gasteiger partial charge is 0.293 e. The second-order valence-corrected chi connectivity index (χ2v) is 4.00. The van der Waals surface area contributed by atoms with E-state index in [1.165, 1.54) is 13.0 Å². The highest BCUT2D eigenvalue weighted by molar-refractivity contribution is 5.95. The largest absolute Gasteiger partial charge is 0.377 e. The van der Waals surface area contributed by atoms with Crippen LogP contribution >= 0.6 is 0 Å². The summed E-state index contributed by atoms with van der Waals surface area (Å²) in [6, 6.07) is 4.64. The number of anilines is 1. The first-order valence-electron chi connectivity index (χ1n) is 5.51. The molecule has 0 saturated heterocycles. The van der Waals surface area contributed by atoms with Crippen LogP contribution in [-0.2, 0) is 0 Å². The molecule has 92 valence electrons. The van der Waals surface area contributed by atoms with Gasteiger partial charge in [0.05, 0.1) is 4.92 Å². The van der Waals surface area contributed by atoms with Crippen molar-refractivity contribution in [3.8, 4) is 0 Å². The molecule has 0 aliphatic carbocycles. The molecule has 0 heterocycles. The summed E-state index contributed by atoms with van der Waals surface area (Å²) in [6.07, 6.45) is 0.867. The van der Waals surface area contributed by atoms with Crippen LogP contribution in [0.4, 0.5) is 11.4 Å². The molecule has 0 radical (unpaired) electrons.